The van der Waals surface area contributed by atoms with E-state index in [1.165, 1.54) is 77.0 Å². The van der Waals surface area contributed by atoms with Crippen molar-refractivity contribution in [2.75, 3.05) is 0 Å². The monoisotopic (exact) mass is 438 g/mol. The van der Waals surface area contributed by atoms with Gasteiger partial charge in [0.15, 0.2) is 5.41 Å². The van der Waals surface area contributed by atoms with Gasteiger partial charge in [-0.25, -0.2) is 0 Å². The van der Waals surface area contributed by atoms with E-state index >= 15 is 0 Å². The predicted octanol–water partition coefficient (Wildman–Crippen LogP) is 7.07. The van der Waals surface area contributed by atoms with Gasteiger partial charge >= 0.3 is 35.0 Å². The molecule has 176 valence electrons. The molecule has 0 bridgehead atoms. The molecule has 0 aromatic heterocycles. The maximum atomic E-state index is 11.8. The standard InChI is InChI=1S/C25H48O4.Mg.2H/c1-3-5-7-9-11-13-14-16-18-20-22-25(23(26)27,24(28)29)21-19-17-15-12-10-8-6-4-2;;;/h3-22H2,1-2H3,(H,26,27)(H,28,29);;;. The fraction of sp³-hybridized carbons (Fsp3) is 0.920. The van der Waals surface area contributed by atoms with Crippen molar-refractivity contribution < 1.29 is 19.8 Å². The maximum absolute atomic E-state index is 11.8. The lowest BCUT2D eigenvalue weighted by molar-refractivity contribution is -0.166. The van der Waals surface area contributed by atoms with Gasteiger partial charge in [0.05, 0.1) is 0 Å². The number of carboxylic acids is 2. The van der Waals surface area contributed by atoms with Gasteiger partial charge in [0.1, 0.15) is 0 Å². The van der Waals surface area contributed by atoms with Crippen LogP contribution in [-0.2, 0) is 9.59 Å². The van der Waals surface area contributed by atoms with Crippen molar-refractivity contribution in [1.82, 2.24) is 0 Å². The second-order valence-corrected chi connectivity index (χ2v) is 8.85. The quantitative estimate of drug-likeness (QED) is 0.108. The van der Waals surface area contributed by atoms with Gasteiger partial charge in [-0.15, -0.1) is 0 Å². The molecule has 0 radical (unpaired) electrons. The Morgan fingerprint density at radius 3 is 0.967 bits per heavy atom. The van der Waals surface area contributed by atoms with Crippen LogP contribution in [0.2, 0.25) is 0 Å². The summed E-state index contributed by atoms with van der Waals surface area (Å²) in [6.45, 7) is 4.43. The van der Waals surface area contributed by atoms with Crippen LogP contribution in [0.15, 0.2) is 0 Å². The molecule has 0 rings (SSSR count). The third-order valence-electron chi connectivity index (χ3n) is 6.23. The molecule has 4 nitrogen and oxygen atoms in total. The minimum Gasteiger partial charge on any atom is -0.480 e. The van der Waals surface area contributed by atoms with E-state index in [1.807, 2.05) is 0 Å². The molecule has 0 amide bonds. The molecule has 0 heterocycles. The summed E-state index contributed by atoms with van der Waals surface area (Å²) in [6.07, 6.45) is 21.1. The summed E-state index contributed by atoms with van der Waals surface area (Å²) in [5, 5.41) is 19.3. The number of carbonyl (C=O) groups is 2. The zero-order valence-corrected chi connectivity index (χ0v) is 19.4. The van der Waals surface area contributed by atoms with Crippen molar-refractivity contribution in [1.29, 1.82) is 0 Å². The molecule has 0 spiro atoms. The largest absolute Gasteiger partial charge is 0.480 e. The average Bonchev–Trinajstić information content (AvgIpc) is 2.69. The normalized spacial score (nSPS) is 11.3. The van der Waals surface area contributed by atoms with Crippen LogP contribution < -0.4 is 0 Å². The minimum atomic E-state index is -1.58. The zero-order valence-electron chi connectivity index (χ0n) is 19.4. The smallest absolute Gasteiger partial charge is 0.321 e. The van der Waals surface area contributed by atoms with E-state index < -0.39 is 17.4 Å². The second kappa shape index (κ2) is 21.9. The van der Waals surface area contributed by atoms with Crippen LogP contribution in [0.3, 0.4) is 0 Å². The highest BCUT2D eigenvalue weighted by Crippen LogP contribution is 2.33. The van der Waals surface area contributed by atoms with Crippen molar-refractivity contribution >= 4 is 35.0 Å². The molecule has 0 fully saturated rings. The van der Waals surface area contributed by atoms with Crippen molar-refractivity contribution in [3.63, 3.8) is 0 Å². The Bertz CT molecular complexity index is 398. The summed E-state index contributed by atoms with van der Waals surface area (Å²) < 4.78 is 0. The zero-order chi connectivity index (χ0) is 21.8. The summed E-state index contributed by atoms with van der Waals surface area (Å²) in [5.41, 5.74) is -1.58. The summed E-state index contributed by atoms with van der Waals surface area (Å²) >= 11 is 0. The highest BCUT2D eigenvalue weighted by atomic mass is 24.3. The lowest BCUT2D eigenvalue weighted by Crippen LogP contribution is -2.39. The molecular weight excluding hydrogens is 389 g/mol. The van der Waals surface area contributed by atoms with Crippen LogP contribution in [0.5, 0.6) is 0 Å². The summed E-state index contributed by atoms with van der Waals surface area (Å²) in [4.78, 5) is 23.6. The number of carboxylic acid groups (broad SMARTS) is 2. The van der Waals surface area contributed by atoms with Crippen LogP contribution in [0, 0.1) is 5.41 Å². The van der Waals surface area contributed by atoms with Crippen molar-refractivity contribution in [2.45, 2.75) is 142 Å². The van der Waals surface area contributed by atoms with Crippen LogP contribution in [0.25, 0.3) is 0 Å². The van der Waals surface area contributed by atoms with E-state index in [1.54, 1.807) is 0 Å². The second-order valence-electron chi connectivity index (χ2n) is 8.85. The van der Waals surface area contributed by atoms with Gasteiger partial charge < -0.3 is 10.2 Å². The van der Waals surface area contributed by atoms with E-state index in [0.29, 0.717) is 12.8 Å². The number of unbranched alkanes of at least 4 members (excludes halogenated alkanes) is 16. The Balaban J connectivity index is 0. The first-order valence-corrected chi connectivity index (χ1v) is 12.5. The van der Waals surface area contributed by atoms with E-state index in [-0.39, 0.29) is 35.9 Å². The molecule has 0 aliphatic rings. The minimum absolute atomic E-state index is 0. The number of aliphatic carboxylic acids is 2. The van der Waals surface area contributed by atoms with Crippen LogP contribution in [-0.4, -0.2) is 45.2 Å². The highest BCUT2D eigenvalue weighted by molar-refractivity contribution is 5.98. The van der Waals surface area contributed by atoms with Gasteiger partial charge in [0.2, 0.25) is 0 Å². The van der Waals surface area contributed by atoms with Crippen molar-refractivity contribution in [3.8, 4) is 0 Å². The first kappa shape index (κ1) is 31.9. The van der Waals surface area contributed by atoms with Gasteiger partial charge in [0.25, 0.3) is 0 Å². The van der Waals surface area contributed by atoms with E-state index in [9.17, 15) is 19.8 Å². The Morgan fingerprint density at radius 2 is 0.733 bits per heavy atom. The number of hydrogen-bond acceptors (Lipinski definition) is 2. The molecule has 0 saturated heterocycles. The Hall–Kier alpha value is -0.294. The predicted molar refractivity (Wildman–Crippen MR) is 130 cm³/mol. The molecular formula is C25H50MgO4. The number of rotatable bonds is 22. The van der Waals surface area contributed by atoms with Gasteiger partial charge in [-0.1, -0.05) is 129 Å². The Morgan fingerprint density at radius 1 is 0.500 bits per heavy atom. The topological polar surface area (TPSA) is 74.6 Å². The van der Waals surface area contributed by atoms with Crippen molar-refractivity contribution in [2.24, 2.45) is 5.41 Å². The lowest BCUT2D eigenvalue weighted by atomic mass is 9.78. The van der Waals surface area contributed by atoms with Gasteiger partial charge in [-0.2, -0.15) is 0 Å². The molecule has 0 aromatic carbocycles. The molecule has 0 saturated carbocycles. The van der Waals surface area contributed by atoms with E-state index in [4.69, 9.17) is 0 Å². The maximum Gasteiger partial charge on any atom is 0.321 e. The average molecular weight is 439 g/mol. The van der Waals surface area contributed by atoms with Crippen molar-refractivity contribution in [3.05, 3.63) is 0 Å². The molecule has 0 atom stereocenters. The molecule has 2 N–H and O–H groups in total. The van der Waals surface area contributed by atoms with Gasteiger partial charge in [0, 0.05) is 0 Å². The van der Waals surface area contributed by atoms with E-state index in [0.717, 1.165) is 25.7 Å². The first-order chi connectivity index (χ1) is 14.0. The molecule has 30 heavy (non-hydrogen) atoms. The Labute approximate surface area is 202 Å². The molecule has 0 aliphatic carbocycles. The molecule has 5 heteroatoms. The molecule has 0 unspecified atom stereocenters. The van der Waals surface area contributed by atoms with Crippen LogP contribution in [0.1, 0.15) is 142 Å². The third kappa shape index (κ3) is 15.5. The molecule has 0 aliphatic heterocycles. The fourth-order valence-corrected chi connectivity index (χ4v) is 4.12. The van der Waals surface area contributed by atoms with E-state index in [2.05, 4.69) is 13.8 Å². The first-order valence-electron chi connectivity index (χ1n) is 12.5. The number of hydrogen-bond donors (Lipinski definition) is 2. The lowest BCUT2D eigenvalue weighted by Gasteiger charge is -2.25. The highest BCUT2D eigenvalue weighted by Gasteiger charge is 2.45. The molecule has 0 aromatic rings. The van der Waals surface area contributed by atoms with Crippen LogP contribution >= 0.6 is 0 Å². The third-order valence-corrected chi connectivity index (χ3v) is 6.23. The van der Waals surface area contributed by atoms with Gasteiger partial charge in [-0.3, -0.25) is 9.59 Å². The summed E-state index contributed by atoms with van der Waals surface area (Å²) in [5.74, 6) is -2.30. The SMILES string of the molecule is CCCCCCCCCCCCC(CCCCCCCCCC)(C(=O)O)C(=O)O.[MgH2]. The summed E-state index contributed by atoms with van der Waals surface area (Å²) in [7, 11) is 0. The fourth-order valence-electron chi connectivity index (χ4n) is 4.12. The summed E-state index contributed by atoms with van der Waals surface area (Å²) in [6, 6.07) is 0. The van der Waals surface area contributed by atoms with Crippen LogP contribution in [0.4, 0.5) is 0 Å². The van der Waals surface area contributed by atoms with Gasteiger partial charge in [-0.05, 0) is 12.8 Å². The Kier molecular flexibility index (Phi) is 23.3.